The Morgan fingerprint density at radius 3 is 2.83 bits per heavy atom. The number of hydrogen-bond donors (Lipinski definition) is 1. The van der Waals surface area contributed by atoms with Gasteiger partial charge in [0.1, 0.15) is 6.61 Å². The highest BCUT2D eigenvalue weighted by Gasteiger charge is 2.04. The van der Waals surface area contributed by atoms with Crippen LogP contribution in [0.3, 0.4) is 0 Å². The van der Waals surface area contributed by atoms with Gasteiger partial charge in [-0.1, -0.05) is 25.7 Å². The van der Waals surface area contributed by atoms with E-state index in [0.717, 1.165) is 12.8 Å². The van der Waals surface area contributed by atoms with Gasteiger partial charge in [0.15, 0.2) is 11.6 Å². The molecule has 1 rings (SSSR count). The molecule has 0 atom stereocenters. The Bertz CT molecular complexity index is 430. The third-order valence-electron chi connectivity index (χ3n) is 2.43. The summed E-state index contributed by atoms with van der Waals surface area (Å²) in [4.78, 5) is 0. The van der Waals surface area contributed by atoms with Crippen LogP contribution < -0.4 is 4.74 Å². The Morgan fingerprint density at radius 1 is 1.39 bits per heavy atom. The maximum Gasteiger partial charge on any atom is 0.165 e. The average molecular weight is 250 g/mol. The molecule has 0 aromatic heterocycles. The van der Waals surface area contributed by atoms with Gasteiger partial charge in [0.05, 0.1) is 6.61 Å². The first-order valence-corrected chi connectivity index (χ1v) is 6.15. The molecule has 0 fully saturated rings. The van der Waals surface area contributed by atoms with Gasteiger partial charge in [-0.2, -0.15) is 0 Å². The molecule has 1 aromatic carbocycles. The lowest BCUT2D eigenvalue weighted by Crippen LogP contribution is -2.01. The molecule has 0 saturated heterocycles. The number of ether oxygens (including phenoxy) is 1. The second-order valence-electron chi connectivity index (χ2n) is 4.49. The lowest BCUT2D eigenvalue weighted by molar-refractivity contribution is 0.284. The number of aliphatic hydroxyl groups is 1. The predicted molar refractivity (Wildman–Crippen MR) is 69.9 cm³/mol. The SMILES string of the molecule is CC(C)CCCOc1cc(C#CCO)ccc1F. The first kappa shape index (κ1) is 14.5. The molecule has 0 aliphatic heterocycles. The normalized spacial score (nSPS) is 10.1. The van der Waals surface area contributed by atoms with Crippen molar-refractivity contribution in [3.05, 3.63) is 29.6 Å². The van der Waals surface area contributed by atoms with Crippen LogP contribution in [0.15, 0.2) is 18.2 Å². The molecule has 0 radical (unpaired) electrons. The average Bonchev–Trinajstić information content (AvgIpc) is 2.34. The van der Waals surface area contributed by atoms with Gasteiger partial charge in [-0.3, -0.25) is 0 Å². The number of halogens is 1. The highest BCUT2D eigenvalue weighted by Crippen LogP contribution is 2.19. The fourth-order valence-corrected chi connectivity index (χ4v) is 1.51. The van der Waals surface area contributed by atoms with Crippen molar-refractivity contribution in [3.8, 4) is 17.6 Å². The van der Waals surface area contributed by atoms with Gasteiger partial charge in [-0.05, 0) is 37.0 Å². The van der Waals surface area contributed by atoms with E-state index < -0.39 is 0 Å². The van der Waals surface area contributed by atoms with Crippen molar-refractivity contribution in [2.45, 2.75) is 26.7 Å². The monoisotopic (exact) mass is 250 g/mol. The molecule has 0 aliphatic carbocycles. The van der Waals surface area contributed by atoms with E-state index in [0.29, 0.717) is 18.1 Å². The summed E-state index contributed by atoms with van der Waals surface area (Å²) in [5.74, 6) is 5.72. The summed E-state index contributed by atoms with van der Waals surface area (Å²) in [6.07, 6.45) is 1.97. The molecule has 1 N–H and O–H groups in total. The Labute approximate surface area is 108 Å². The molecule has 0 spiro atoms. The lowest BCUT2D eigenvalue weighted by atomic mass is 10.1. The van der Waals surface area contributed by atoms with Gasteiger partial charge in [0.25, 0.3) is 0 Å². The quantitative estimate of drug-likeness (QED) is 0.643. The van der Waals surface area contributed by atoms with Gasteiger partial charge in [0, 0.05) is 5.56 Å². The molecule has 98 valence electrons. The van der Waals surface area contributed by atoms with Crippen LogP contribution in [-0.4, -0.2) is 18.3 Å². The molecule has 0 unspecified atom stereocenters. The summed E-state index contributed by atoms with van der Waals surface area (Å²) in [5, 5.41) is 8.60. The largest absolute Gasteiger partial charge is 0.490 e. The first-order valence-electron chi connectivity index (χ1n) is 6.15. The van der Waals surface area contributed by atoms with Crippen LogP contribution >= 0.6 is 0 Å². The van der Waals surface area contributed by atoms with Crippen molar-refractivity contribution < 1.29 is 14.2 Å². The topological polar surface area (TPSA) is 29.5 Å². The Morgan fingerprint density at radius 2 is 2.17 bits per heavy atom. The third-order valence-corrected chi connectivity index (χ3v) is 2.43. The third kappa shape index (κ3) is 5.20. The molecule has 0 saturated carbocycles. The van der Waals surface area contributed by atoms with E-state index in [-0.39, 0.29) is 18.2 Å². The Hall–Kier alpha value is -1.53. The zero-order chi connectivity index (χ0) is 13.4. The molecule has 0 aliphatic rings. The minimum absolute atomic E-state index is 0.206. The van der Waals surface area contributed by atoms with Crippen molar-refractivity contribution in [2.24, 2.45) is 5.92 Å². The molecular formula is C15H19FO2. The van der Waals surface area contributed by atoms with Crippen molar-refractivity contribution in [2.75, 3.05) is 13.2 Å². The first-order chi connectivity index (χ1) is 8.63. The summed E-state index contributed by atoms with van der Waals surface area (Å²) in [6.45, 7) is 4.59. The lowest BCUT2D eigenvalue weighted by Gasteiger charge is -2.08. The van der Waals surface area contributed by atoms with Crippen LogP contribution in [-0.2, 0) is 0 Å². The highest BCUT2D eigenvalue weighted by atomic mass is 19.1. The van der Waals surface area contributed by atoms with Crippen LogP contribution in [0.2, 0.25) is 0 Å². The van der Waals surface area contributed by atoms with E-state index >= 15 is 0 Å². The van der Waals surface area contributed by atoms with Crippen molar-refractivity contribution in [1.82, 2.24) is 0 Å². The molecular weight excluding hydrogens is 231 g/mol. The fraction of sp³-hybridized carbons (Fsp3) is 0.467. The second-order valence-corrected chi connectivity index (χ2v) is 4.49. The van der Waals surface area contributed by atoms with Gasteiger partial charge in [-0.25, -0.2) is 4.39 Å². The molecule has 18 heavy (non-hydrogen) atoms. The maximum atomic E-state index is 13.5. The minimum Gasteiger partial charge on any atom is -0.490 e. The van der Waals surface area contributed by atoms with Crippen LogP contribution in [0, 0.1) is 23.6 Å². The van der Waals surface area contributed by atoms with Crippen LogP contribution in [0.25, 0.3) is 0 Å². The van der Waals surface area contributed by atoms with Gasteiger partial charge >= 0.3 is 0 Å². The number of rotatable bonds is 5. The molecule has 1 aromatic rings. The summed E-state index contributed by atoms with van der Waals surface area (Å²) in [7, 11) is 0. The highest BCUT2D eigenvalue weighted by molar-refractivity contribution is 5.40. The van der Waals surface area contributed by atoms with Crippen molar-refractivity contribution in [3.63, 3.8) is 0 Å². The van der Waals surface area contributed by atoms with Crippen molar-refractivity contribution >= 4 is 0 Å². The van der Waals surface area contributed by atoms with Crippen LogP contribution in [0.1, 0.15) is 32.3 Å². The number of aliphatic hydroxyl groups excluding tert-OH is 1. The van der Waals surface area contributed by atoms with E-state index in [4.69, 9.17) is 9.84 Å². The summed E-state index contributed by atoms with van der Waals surface area (Å²) in [6, 6.07) is 4.46. The molecule has 2 nitrogen and oxygen atoms in total. The fourth-order valence-electron chi connectivity index (χ4n) is 1.51. The van der Waals surface area contributed by atoms with E-state index in [1.807, 2.05) is 0 Å². The Balaban J connectivity index is 2.58. The van der Waals surface area contributed by atoms with Crippen molar-refractivity contribution in [1.29, 1.82) is 0 Å². The molecule has 0 heterocycles. The van der Waals surface area contributed by atoms with Gasteiger partial charge in [-0.15, -0.1) is 0 Å². The zero-order valence-corrected chi connectivity index (χ0v) is 10.9. The van der Waals surface area contributed by atoms with Crippen LogP contribution in [0.5, 0.6) is 5.75 Å². The Kier molecular flexibility index (Phi) is 6.24. The standard InChI is InChI=1S/C15H19FO2/c1-12(2)5-4-10-18-15-11-13(6-3-9-17)7-8-14(15)16/h7-8,11-12,17H,4-5,9-10H2,1-2H3. The summed E-state index contributed by atoms with van der Waals surface area (Å²) in [5.41, 5.74) is 0.643. The molecule has 0 amide bonds. The van der Waals surface area contributed by atoms with E-state index in [1.54, 1.807) is 12.1 Å². The van der Waals surface area contributed by atoms with Gasteiger partial charge < -0.3 is 9.84 Å². The summed E-state index contributed by atoms with van der Waals surface area (Å²) >= 11 is 0. The maximum absolute atomic E-state index is 13.5. The van der Waals surface area contributed by atoms with E-state index in [2.05, 4.69) is 25.7 Å². The van der Waals surface area contributed by atoms with Crippen LogP contribution in [0.4, 0.5) is 4.39 Å². The van der Waals surface area contributed by atoms with Gasteiger partial charge in [0.2, 0.25) is 0 Å². The molecule has 3 heteroatoms. The smallest absolute Gasteiger partial charge is 0.165 e. The minimum atomic E-state index is -0.380. The van der Waals surface area contributed by atoms with E-state index in [1.165, 1.54) is 6.07 Å². The zero-order valence-electron chi connectivity index (χ0n) is 10.9. The second kappa shape index (κ2) is 7.73. The number of benzene rings is 1. The van der Waals surface area contributed by atoms with E-state index in [9.17, 15) is 4.39 Å². The summed E-state index contributed by atoms with van der Waals surface area (Å²) < 4.78 is 18.9. The number of hydrogen-bond acceptors (Lipinski definition) is 2. The molecule has 0 bridgehead atoms. The predicted octanol–water partition coefficient (Wildman–Crippen LogP) is 2.98.